The van der Waals surface area contributed by atoms with Crippen LogP contribution in [0.1, 0.15) is 33.1 Å². The second-order valence-electron chi connectivity index (χ2n) is 3.46. The number of nitrogens with zero attached hydrogens (tertiary/aromatic N) is 1. The van der Waals surface area contributed by atoms with E-state index in [1.165, 1.54) is 0 Å². The van der Waals surface area contributed by atoms with Gasteiger partial charge in [0.25, 0.3) is 5.56 Å². The first-order valence-electron chi connectivity index (χ1n) is 5.18. The van der Waals surface area contributed by atoms with E-state index in [9.17, 15) is 4.79 Å². The van der Waals surface area contributed by atoms with E-state index in [1.54, 1.807) is 6.20 Å². The second-order valence-corrected chi connectivity index (χ2v) is 4.26. The molecule has 1 aromatic rings. The number of anilines is 1. The van der Waals surface area contributed by atoms with Crippen molar-refractivity contribution in [3.63, 3.8) is 0 Å². The van der Waals surface area contributed by atoms with Crippen LogP contribution in [0.3, 0.4) is 0 Å². The van der Waals surface area contributed by atoms with Crippen LogP contribution in [-0.2, 0) is 0 Å². The molecule has 2 N–H and O–H groups in total. The van der Waals surface area contributed by atoms with Crippen LogP contribution in [0.25, 0.3) is 0 Å². The quantitative estimate of drug-likeness (QED) is 0.867. The summed E-state index contributed by atoms with van der Waals surface area (Å²) in [5.41, 5.74) is 0.561. The van der Waals surface area contributed by atoms with Gasteiger partial charge in [0.2, 0.25) is 0 Å². The lowest BCUT2D eigenvalue weighted by molar-refractivity contribution is 0.621. The monoisotopic (exact) mass is 273 g/mol. The zero-order valence-electron chi connectivity index (χ0n) is 9.01. The molecule has 0 saturated carbocycles. The van der Waals surface area contributed by atoms with Crippen molar-refractivity contribution in [3.8, 4) is 0 Å². The molecule has 0 aliphatic carbocycles. The molecule has 4 nitrogen and oxygen atoms in total. The Kier molecular flexibility index (Phi) is 4.81. The molecular weight excluding hydrogens is 258 g/mol. The Balaban J connectivity index is 2.79. The Morgan fingerprint density at radius 1 is 1.60 bits per heavy atom. The van der Waals surface area contributed by atoms with Crippen LogP contribution in [-0.4, -0.2) is 16.2 Å². The molecule has 1 heterocycles. The first kappa shape index (κ1) is 12.2. The molecule has 0 amide bonds. The lowest BCUT2D eigenvalue weighted by atomic mass is 10.1. The summed E-state index contributed by atoms with van der Waals surface area (Å²) in [5, 5.41) is 9.44. The summed E-state index contributed by atoms with van der Waals surface area (Å²) < 4.78 is 0.520. The minimum Gasteiger partial charge on any atom is -0.380 e. The van der Waals surface area contributed by atoms with Crippen molar-refractivity contribution in [2.75, 3.05) is 5.32 Å². The fourth-order valence-electron chi connectivity index (χ4n) is 1.43. The number of aromatic amines is 1. The Labute approximate surface area is 97.6 Å². The number of halogens is 1. The van der Waals surface area contributed by atoms with Crippen molar-refractivity contribution in [1.82, 2.24) is 10.2 Å². The predicted octanol–water partition coefficient (Wildman–Crippen LogP) is 2.52. The molecule has 0 spiro atoms. The highest BCUT2D eigenvalue weighted by molar-refractivity contribution is 9.10. The van der Waals surface area contributed by atoms with Crippen molar-refractivity contribution in [2.45, 2.75) is 39.2 Å². The molecule has 0 aliphatic rings. The maximum Gasteiger partial charge on any atom is 0.280 e. The molecule has 1 aromatic heterocycles. The van der Waals surface area contributed by atoms with Gasteiger partial charge >= 0.3 is 0 Å². The zero-order chi connectivity index (χ0) is 11.3. The van der Waals surface area contributed by atoms with Crippen molar-refractivity contribution in [2.24, 2.45) is 0 Å². The van der Waals surface area contributed by atoms with Crippen LogP contribution < -0.4 is 10.9 Å². The van der Waals surface area contributed by atoms with E-state index in [-0.39, 0.29) is 5.56 Å². The molecule has 0 radical (unpaired) electrons. The van der Waals surface area contributed by atoms with Gasteiger partial charge in [0.05, 0.1) is 11.9 Å². The van der Waals surface area contributed by atoms with E-state index in [0.717, 1.165) is 24.9 Å². The van der Waals surface area contributed by atoms with Crippen molar-refractivity contribution in [1.29, 1.82) is 0 Å². The molecule has 1 atom stereocenters. The smallest absolute Gasteiger partial charge is 0.280 e. The fourth-order valence-corrected chi connectivity index (χ4v) is 1.74. The van der Waals surface area contributed by atoms with Crippen molar-refractivity contribution >= 4 is 21.6 Å². The predicted molar refractivity (Wildman–Crippen MR) is 65.2 cm³/mol. The number of H-pyrrole nitrogens is 1. The molecule has 15 heavy (non-hydrogen) atoms. The third kappa shape index (κ3) is 3.34. The van der Waals surface area contributed by atoms with E-state index in [2.05, 4.69) is 45.3 Å². The van der Waals surface area contributed by atoms with Gasteiger partial charge < -0.3 is 5.32 Å². The third-order valence-corrected chi connectivity index (χ3v) is 3.07. The van der Waals surface area contributed by atoms with Crippen LogP contribution >= 0.6 is 15.9 Å². The summed E-state index contributed by atoms with van der Waals surface area (Å²) in [5.74, 6) is 0. The van der Waals surface area contributed by atoms with Gasteiger partial charge in [-0.25, -0.2) is 5.10 Å². The Morgan fingerprint density at radius 3 is 2.93 bits per heavy atom. The maximum atomic E-state index is 11.3. The topological polar surface area (TPSA) is 57.8 Å². The summed E-state index contributed by atoms with van der Waals surface area (Å²) in [6.45, 7) is 4.28. The van der Waals surface area contributed by atoms with Gasteiger partial charge in [-0.05, 0) is 28.8 Å². The van der Waals surface area contributed by atoms with Gasteiger partial charge in [0.15, 0.2) is 0 Å². The van der Waals surface area contributed by atoms with Crippen molar-refractivity contribution in [3.05, 3.63) is 21.0 Å². The SMILES string of the molecule is CCCC(CC)Nc1cn[nH]c(=O)c1Br. The minimum atomic E-state index is -0.202. The van der Waals surface area contributed by atoms with Gasteiger partial charge in [-0.1, -0.05) is 20.3 Å². The highest BCUT2D eigenvalue weighted by atomic mass is 79.9. The molecule has 5 heteroatoms. The highest BCUT2D eigenvalue weighted by Crippen LogP contribution is 2.18. The third-order valence-electron chi connectivity index (χ3n) is 2.29. The number of hydrogen-bond donors (Lipinski definition) is 2. The van der Waals surface area contributed by atoms with Crippen LogP contribution in [0.2, 0.25) is 0 Å². The molecule has 0 aromatic carbocycles. The molecule has 84 valence electrons. The molecule has 1 unspecified atom stereocenters. The summed E-state index contributed by atoms with van der Waals surface area (Å²) in [7, 11) is 0. The number of nitrogens with one attached hydrogen (secondary N) is 2. The minimum absolute atomic E-state index is 0.202. The first-order chi connectivity index (χ1) is 7.19. The van der Waals surface area contributed by atoms with Crippen LogP contribution in [0.4, 0.5) is 5.69 Å². The van der Waals surface area contributed by atoms with E-state index < -0.39 is 0 Å². The zero-order valence-corrected chi connectivity index (χ0v) is 10.6. The second kappa shape index (κ2) is 5.90. The van der Waals surface area contributed by atoms with Gasteiger partial charge in [0.1, 0.15) is 4.47 Å². The molecule has 0 fully saturated rings. The highest BCUT2D eigenvalue weighted by Gasteiger charge is 2.09. The molecule has 0 bridgehead atoms. The Morgan fingerprint density at radius 2 is 2.33 bits per heavy atom. The van der Waals surface area contributed by atoms with Crippen LogP contribution in [0, 0.1) is 0 Å². The van der Waals surface area contributed by atoms with E-state index in [0.29, 0.717) is 10.5 Å². The van der Waals surface area contributed by atoms with Gasteiger partial charge in [-0.3, -0.25) is 4.79 Å². The molecule has 1 rings (SSSR count). The summed E-state index contributed by atoms with van der Waals surface area (Å²) >= 11 is 3.24. The summed E-state index contributed by atoms with van der Waals surface area (Å²) in [4.78, 5) is 11.3. The maximum absolute atomic E-state index is 11.3. The van der Waals surface area contributed by atoms with Crippen LogP contribution in [0.15, 0.2) is 15.5 Å². The van der Waals surface area contributed by atoms with Crippen molar-refractivity contribution < 1.29 is 0 Å². The largest absolute Gasteiger partial charge is 0.380 e. The number of rotatable bonds is 5. The Bertz CT molecular complexity index is 364. The normalized spacial score (nSPS) is 12.5. The number of hydrogen-bond acceptors (Lipinski definition) is 3. The first-order valence-corrected chi connectivity index (χ1v) is 5.98. The molecular formula is C10H16BrN3O. The Hall–Kier alpha value is -0.840. The van der Waals surface area contributed by atoms with E-state index in [4.69, 9.17) is 0 Å². The van der Waals surface area contributed by atoms with Crippen LogP contribution in [0.5, 0.6) is 0 Å². The van der Waals surface area contributed by atoms with Gasteiger partial charge in [-0.2, -0.15) is 5.10 Å². The van der Waals surface area contributed by atoms with E-state index in [1.807, 2.05) is 0 Å². The lowest BCUT2D eigenvalue weighted by Gasteiger charge is -2.17. The summed E-state index contributed by atoms with van der Waals surface area (Å²) in [6.07, 6.45) is 4.88. The lowest BCUT2D eigenvalue weighted by Crippen LogP contribution is -2.21. The average Bonchev–Trinajstić information content (AvgIpc) is 2.24. The standard InChI is InChI=1S/C10H16BrN3O/c1-3-5-7(4-2)13-8-6-12-14-10(15)9(8)11/h6-7H,3-5H2,1-2H3,(H2,13,14,15). The van der Waals surface area contributed by atoms with Gasteiger partial charge in [0, 0.05) is 6.04 Å². The fraction of sp³-hybridized carbons (Fsp3) is 0.600. The average molecular weight is 274 g/mol. The number of aromatic nitrogens is 2. The molecule has 0 saturated heterocycles. The van der Waals surface area contributed by atoms with E-state index >= 15 is 0 Å². The summed E-state index contributed by atoms with van der Waals surface area (Å²) in [6, 6.07) is 0.398. The molecule has 0 aliphatic heterocycles. The van der Waals surface area contributed by atoms with Gasteiger partial charge in [-0.15, -0.1) is 0 Å².